The maximum Gasteiger partial charge on any atom is 0.228 e. The molecular weight excluding hydrogens is 320 g/mol. The Morgan fingerprint density at radius 3 is 2.80 bits per heavy atom. The molecule has 1 saturated carbocycles. The van der Waals surface area contributed by atoms with Crippen molar-refractivity contribution in [3.05, 3.63) is 18.0 Å². The average molecular weight is 346 g/mol. The number of carbonyl (C=O) groups is 2. The van der Waals surface area contributed by atoms with Gasteiger partial charge in [0, 0.05) is 39.8 Å². The number of amides is 2. The minimum atomic E-state index is -0.249. The summed E-state index contributed by atoms with van der Waals surface area (Å²) in [6.45, 7) is 1.95. The van der Waals surface area contributed by atoms with Crippen LogP contribution in [-0.2, 0) is 21.4 Å². The van der Waals surface area contributed by atoms with E-state index in [1.54, 1.807) is 22.8 Å². The number of likely N-dealkylation sites (tertiary alicyclic amines) is 1. The Balaban J connectivity index is 1.59. The number of hydrogen-bond donors (Lipinski definition) is 0. The third kappa shape index (κ3) is 2.74. The van der Waals surface area contributed by atoms with Crippen LogP contribution in [0, 0.1) is 5.92 Å². The van der Waals surface area contributed by atoms with Crippen LogP contribution >= 0.6 is 0 Å². The van der Waals surface area contributed by atoms with Gasteiger partial charge >= 0.3 is 0 Å². The molecule has 0 radical (unpaired) electrons. The number of nitrogens with zero attached hydrogens (tertiary/aromatic N) is 4. The Bertz CT molecular complexity index is 682. The number of aryl methyl sites for hydroxylation is 1. The molecule has 2 atom stereocenters. The zero-order chi connectivity index (χ0) is 17.6. The Morgan fingerprint density at radius 1 is 1.36 bits per heavy atom. The third-order valence-electron chi connectivity index (χ3n) is 6.16. The van der Waals surface area contributed by atoms with E-state index in [2.05, 4.69) is 5.10 Å². The van der Waals surface area contributed by atoms with Gasteiger partial charge in [0.25, 0.3) is 0 Å². The molecule has 0 aromatic carbocycles. The number of hydrogen-bond acceptors (Lipinski definition) is 4. The topological polar surface area (TPSA) is 67.7 Å². The number of piperidine rings is 1. The number of carbonyl (C=O) groups excluding carboxylic acids is 2. The highest BCUT2D eigenvalue weighted by Gasteiger charge is 2.47. The SMILES string of the molecule is CN1C(=O)CC[C@H](C(=O)N2CCOC3(CCC3)C2)[C@H]1c1ccnn1C. The van der Waals surface area contributed by atoms with Gasteiger partial charge in [0.1, 0.15) is 0 Å². The first-order valence-electron chi connectivity index (χ1n) is 9.17. The van der Waals surface area contributed by atoms with Crippen LogP contribution in [0.5, 0.6) is 0 Å². The lowest BCUT2D eigenvalue weighted by Crippen LogP contribution is -2.59. The van der Waals surface area contributed by atoms with Crippen LogP contribution < -0.4 is 0 Å². The van der Waals surface area contributed by atoms with Gasteiger partial charge in [-0.3, -0.25) is 14.3 Å². The molecule has 1 aromatic rings. The monoisotopic (exact) mass is 346 g/mol. The molecule has 3 fully saturated rings. The van der Waals surface area contributed by atoms with Crippen molar-refractivity contribution >= 4 is 11.8 Å². The van der Waals surface area contributed by atoms with E-state index in [0.29, 0.717) is 32.5 Å². The first kappa shape index (κ1) is 16.6. The fourth-order valence-electron chi connectivity index (χ4n) is 4.52. The highest BCUT2D eigenvalue weighted by atomic mass is 16.5. The van der Waals surface area contributed by atoms with Gasteiger partial charge in [-0.05, 0) is 31.7 Å². The minimum absolute atomic E-state index is 0.0905. The molecule has 0 bridgehead atoms. The largest absolute Gasteiger partial charge is 0.371 e. The van der Waals surface area contributed by atoms with E-state index in [1.807, 2.05) is 18.0 Å². The zero-order valence-corrected chi connectivity index (χ0v) is 15.0. The van der Waals surface area contributed by atoms with Gasteiger partial charge in [-0.1, -0.05) is 0 Å². The predicted molar refractivity (Wildman–Crippen MR) is 90.6 cm³/mol. The van der Waals surface area contributed by atoms with Crippen molar-refractivity contribution in [2.24, 2.45) is 13.0 Å². The van der Waals surface area contributed by atoms with Crippen molar-refractivity contribution in [1.82, 2.24) is 19.6 Å². The van der Waals surface area contributed by atoms with E-state index < -0.39 is 0 Å². The highest BCUT2D eigenvalue weighted by molar-refractivity contribution is 5.85. The predicted octanol–water partition coefficient (Wildman–Crippen LogP) is 1.11. The Morgan fingerprint density at radius 2 is 2.16 bits per heavy atom. The average Bonchev–Trinajstić information content (AvgIpc) is 3.01. The van der Waals surface area contributed by atoms with Gasteiger partial charge < -0.3 is 14.5 Å². The van der Waals surface area contributed by atoms with Gasteiger partial charge in [-0.2, -0.15) is 5.10 Å². The molecule has 136 valence electrons. The van der Waals surface area contributed by atoms with E-state index in [9.17, 15) is 9.59 Å². The fourth-order valence-corrected chi connectivity index (χ4v) is 4.52. The highest BCUT2D eigenvalue weighted by Crippen LogP contribution is 2.41. The summed E-state index contributed by atoms with van der Waals surface area (Å²) in [6.07, 6.45) is 6.02. The number of morpholine rings is 1. The van der Waals surface area contributed by atoms with E-state index in [1.165, 1.54) is 6.42 Å². The van der Waals surface area contributed by atoms with Crippen molar-refractivity contribution in [2.45, 2.75) is 43.7 Å². The Labute approximate surface area is 147 Å². The lowest BCUT2D eigenvalue weighted by molar-refractivity contribution is -0.173. The van der Waals surface area contributed by atoms with Crippen molar-refractivity contribution in [2.75, 3.05) is 26.7 Å². The van der Waals surface area contributed by atoms with Crippen molar-refractivity contribution in [1.29, 1.82) is 0 Å². The van der Waals surface area contributed by atoms with E-state index in [-0.39, 0.29) is 29.4 Å². The normalized spacial score (nSPS) is 29.0. The maximum absolute atomic E-state index is 13.4. The standard InChI is InChI=1S/C18H26N4O3/c1-20-15(23)5-4-13(16(20)14-6-9-19-21(14)2)17(24)22-10-11-25-18(12-22)7-3-8-18/h6,9,13,16H,3-5,7-8,10-12H2,1-2H3/t13-,16-/m0/s1. The molecule has 4 rings (SSSR count). The molecular formula is C18H26N4O3. The minimum Gasteiger partial charge on any atom is -0.371 e. The molecule has 3 heterocycles. The molecule has 7 nitrogen and oxygen atoms in total. The molecule has 1 spiro atoms. The summed E-state index contributed by atoms with van der Waals surface area (Å²) in [4.78, 5) is 29.3. The smallest absolute Gasteiger partial charge is 0.228 e. The van der Waals surface area contributed by atoms with Crippen LogP contribution in [0.1, 0.15) is 43.8 Å². The van der Waals surface area contributed by atoms with Crippen LogP contribution in [0.3, 0.4) is 0 Å². The molecule has 1 aliphatic carbocycles. The van der Waals surface area contributed by atoms with Gasteiger partial charge in [0.15, 0.2) is 0 Å². The molecule has 2 aliphatic heterocycles. The van der Waals surface area contributed by atoms with Crippen LogP contribution in [0.15, 0.2) is 12.3 Å². The lowest BCUT2D eigenvalue weighted by Gasteiger charge is -2.49. The quantitative estimate of drug-likeness (QED) is 0.805. The van der Waals surface area contributed by atoms with Crippen LogP contribution in [0.2, 0.25) is 0 Å². The lowest BCUT2D eigenvalue weighted by atomic mass is 9.78. The summed E-state index contributed by atoms with van der Waals surface area (Å²) in [5.74, 6) is 0.0288. The second-order valence-electron chi connectivity index (χ2n) is 7.62. The summed E-state index contributed by atoms with van der Waals surface area (Å²) in [7, 11) is 3.66. The number of rotatable bonds is 2. The summed E-state index contributed by atoms with van der Waals surface area (Å²) in [5, 5.41) is 4.24. The van der Waals surface area contributed by atoms with Gasteiger partial charge in [-0.25, -0.2) is 0 Å². The summed E-state index contributed by atoms with van der Waals surface area (Å²) >= 11 is 0. The first-order valence-corrected chi connectivity index (χ1v) is 9.17. The van der Waals surface area contributed by atoms with Crippen LogP contribution in [0.25, 0.3) is 0 Å². The number of aromatic nitrogens is 2. The Hall–Kier alpha value is -1.89. The molecule has 2 amide bonds. The van der Waals surface area contributed by atoms with Gasteiger partial charge in [0.2, 0.25) is 11.8 Å². The van der Waals surface area contributed by atoms with Crippen LogP contribution in [0.4, 0.5) is 0 Å². The van der Waals surface area contributed by atoms with E-state index in [0.717, 1.165) is 18.5 Å². The van der Waals surface area contributed by atoms with Crippen LogP contribution in [-0.4, -0.2) is 63.7 Å². The fraction of sp³-hybridized carbons (Fsp3) is 0.722. The van der Waals surface area contributed by atoms with Crippen molar-refractivity contribution in [3.63, 3.8) is 0 Å². The third-order valence-corrected chi connectivity index (χ3v) is 6.16. The number of ether oxygens (including phenoxy) is 1. The molecule has 2 saturated heterocycles. The van der Waals surface area contributed by atoms with E-state index >= 15 is 0 Å². The van der Waals surface area contributed by atoms with Crippen molar-refractivity contribution in [3.8, 4) is 0 Å². The molecule has 3 aliphatic rings. The van der Waals surface area contributed by atoms with E-state index in [4.69, 9.17) is 4.74 Å². The molecule has 1 aromatic heterocycles. The van der Waals surface area contributed by atoms with Crippen molar-refractivity contribution < 1.29 is 14.3 Å². The maximum atomic E-state index is 13.4. The summed E-state index contributed by atoms with van der Waals surface area (Å²) in [6, 6.07) is 1.66. The molecule has 0 N–H and O–H groups in total. The summed E-state index contributed by atoms with van der Waals surface area (Å²) in [5.41, 5.74) is 0.812. The summed E-state index contributed by atoms with van der Waals surface area (Å²) < 4.78 is 7.72. The first-order chi connectivity index (χ1) is 12.0. The second-order valence-corrected chi connectivity index (χ2v) is 7.62. The molecule has 0 unspecified atom stereocenters. The molecule has 25 heavy (non-hydrogen) atoms. The van der Waals surface area contributed by atoms with Gasteiger partial charge in [0.05, 0.1) is 29.9 Å². The Kier molecular flexibility index (Phi) is 4.06. The molecule has 7 heteroatoms. The second kappa shape index (κ2) is 6.12. The van der Waals surface area contributed by atoms with Gasteiger partial charge in [-0.15, -0.1) is 0 Å². The zero-order valence-electron chi connectivity index (χ0n) is 15.0.